The van der Waals surface area contributed by atoms with Crippen LogP contribution in [-0.4, -0.2) is 15.8 Å². The van der Waals surface area contributed by atoms with Gasteiger partial charge in [0.25, 0.3) is 0 Å². The van der Waals surface area contributed by atoms with E-state index in [0.29, 0.717) is 0 Å². The Morgan fingerprint density at radius 1 is 0.483 bits per heavy atom. The molecule has 0 aromatic heterocycles. The van der Waals surface area contributed by atoms with Gasteiger partial charge >= 0.3 is 7.58 Å². The summed E-state index contributed by atoms with van der Waals surface area (Å²) < 4.78 is 2.32. The van der Waals surface area contributed by atoms with Crippen LogP contribution in [0.5, 0.6) is 0 Å². The highest BCUT2D eigenvalue weighted by Crippen LogP contribution is 2.26. The van der Waals surface area contributed by atoms with Crippen molar-refractivity contribution in [3.05, 3.63) is 121 Å². The highest BCUT2D eigenvalue weighted by atomic mass is 35.7. The molecule has 0 bridgehead atoms. The first-order chi connectivity index (χ1) is 14.2. The summed E-state index contributed by atoms with van der Waals surface area (Å²) in [5, 5.41) is 3.76. The fourth-order valence-corrected chi connectivity index (χ4v) is 13.6. The molecule has 0 saturated heterocycles. The minimum absolute atomic E-state index is 1.05. The second kappa shape index (κ2) is 9.01. The van der Waals surface area contributed by atoms with E-state index in [1.54, 1.807) is 0 Å². The third-order valence-corrected chi connectivity index (χ3v) is 13.7. The molecule has 0 aliphatic heterocycles. The molecule has 4 aromatic rings. The summed E-state index contributed by atoms with van der Waals surface area (Å²) in [6.45, 7) is 0. The van der Waals surface area contributed by atoms with Crippen molar-refractivity contribution in [2.75, 3.05) is 4.23 Å². The Morgan fingerprint density at radius 2 is 0.793 bits per heavy atom. The average molecular weight is 450 g/mol. The number of hydrogen-bond acceptors (Lipinski definition) is 1. The van der Waals surface area contributed by atoms with Gasteiger partial charge in [-0.3, -0.25) is 0 Å². The molecule has 1 radical (unpaired) electrons. The van der Waals surface area contributed by atoms with Gasteiger partial charge in [0.2, 0.25) is 8.24 Å². The van der Waals surface area contributed by atoms with Crippen LogP contribution < -0.4 is 19.8 Å². The Morgan fingerprint density at radius 3 is 1.10 bits per heavy atom. The zero-order chi connectivity index (χ0) is 20.1. The first-order valence-electron chi connectivity index (χ1n) is 9.44. The molecule has 0 amide bonds. The Balaban J connectivity index is 2.13. The van der Waals surface area contributed by atoms with Gasteiger partial charge in [-0.05, 0) is 27.7 Å². The summed E-state index contributed by atoms with van der Waals surface area (Å²) >= 11 is 13.7. The first kappa shape index (κ1) is 20.0. The molecule has 143 valence electrons. The zero-order valence-corrected chi connectivity index (χ0v) is 19.3. The van der Waals surface area contributed by atoms with E-state index in [1.165, 1.54) is 15.6 Å². The van der Waals surface area contributed by atoms with Gasteiger partial charge in [0.15, 0.2) is 0 Å². The zero-order valence-electron chi connectivity index (χ0n) is 15.8. The Labute approximate surface area is 184 Å². The van der Waals surface area contributed by atoms with Crippen molar-refractivity contribution < 1.29 is 0 Å². The lowest BCUT2D eigenvalue weighted by molar-refractivity contribution is 1.48. The summed E-state index contributed by atoms with van der Waals surface area (Å²) in [5.41, 5.74) is 1.05. The molecule has 0 aliphatic carbocycles. The summed E-state index contributed by atoms with van der Waals surface area (Å²) in [6, 6.07) is 42.3. The van der Waals surface area contributed by atoms with E-state index in [4.69, 9.17) is 22.2 Å². The molecule has 0 fully saturated rings. The van der Waals surface area contributed by atoms with Crippen molar-refractivity contribution in [1.29, 1.82) is 0 Å². The Hall–Kier alpha value is -2.31. The fourth-order valence-electron chi connectivity index (χ4n) is 3.92. The summed E-state index contributed by atoms with van der Waals surface area (Å²) in [5.74, 6) is 0. The lowest BCUT2D eigenvalue weighted by Crippen LogP contribution is -2.79. The van der Waals surface area contributed by atoms with Crippen molar-refractivity contribution in [3.63, 3.8) is 0 Å². The molecule has 1 nitrogen and oxygen atoms in total. The van der Waals surface area contributed by atoms with Crippen LogP contribution in [0.3, 0.4) is 0 Å². The minimum atomic E-state index is -2.74. The van der Waals surface area contributed by atoms with Crippen LogP contribution in [0, 0.1) is 0 Å². The number of hydrogen-bond donors (Lipinski definition) is 0. The number of halogens is 2. The molecular weight excluding hydrogens is 429 g/mol. The lowest BCUT2D eigenvalue weighted by Gasteiger charge is -2.45. The molecule has 0 atom stereocenters. The minimum Gasteiger partial charge on any atom is -0.390 e. The molecule has 4 aromatic carbocycles. The predicted octanol–water partition coefficient (Wildman–Crippen LogP) is 4.62. The van der Waals surface area contributed by atoms with E-state index >= 15 is 0 Å². The highest BCUT2D eigenvalue weighted by molar-refractivity contribution is 7.41. The van der Waals surface area contributed by atoms with Crippen molar-refractivity contribution in [3.8, 4) is 0 Å². The van der Waals surface area contributed by atoms with E-state index in [9.17, 15) is 0 Å². The van der Waals surface area contributed by atoms with E-state index in [2.05, 4.69) is 107 Å². The van der Waals surface area contributed by atoms with Gasteiger partial charge in [-0.2, -0.15) is 0 Å². The highest BCUT2D eigenvalue weighted by Gasteiger charge is 2.48. The van der Waals surface area contributed by atoms with Gasteiger partial charge < -0.3 is 4.23 Å². The third kappa shape index (κ3) is 3.79. The van der Waals surface area contributed by atoms with Crippen molar-refractivity contribution in [2.45, 2.75) is 0 Å². The lowest BCUT2D eigenvalue weighted by atomic mass is 10.3. The maximum atomic E-state index is 6.84. The van der Waals surface area contributed by atoms with Gasteiger partial charge in [-0.1, -0.05) is 109 Å². The van der Waals surface area contributed by atoms with Gasteiger partial charge in [-0.15, -0.1) is 22.2 Å². The maximum Gasteiger partial charge on any atom is 0.387 e. The Kier molecular flexibility index (Phi) is 6.21. The van der Waals surface area contributed by atoms with Gasteiger partial charge in [0.05, 0.1) is 0 Å². The number of benzene rings is 4. The second-order valence-electron chi connectivity index (χ2n) is 6.72. The molecule has 4 rings (SSSR count). The van der Waals surface area contributed by atoms with Crippen molar-refractivity contribution in [1.82, 2.24) is 0 Å². The molecule has 29 heavy (non-hydrogen) atoms. The van der Waals surface area contributed by atoms with Crippen LogP contribution in [0.4, 0.5) is 5.69 Å². The van der Waals surface area contributed by atoms with Crippen LogP contribution in [-0.2, 0) is 0 Å². The molecule has 0 heterocycles. The van der Waals surface area contributed by atoms with E-state index < -0.39 is 15.8 Å². The number of para-hydroxylation sites is 1. The van der Waals surface area contributed by atoms with Gasteiger partial charge in [-0.25, -0.2) is 0 Å². The summed E-state index contributed by atoms with van der Waals surface area (Å²) in [4.78, 5) is 0. The number of rotatable bonds is 6. The fraction of sp³-hybridized carbons (Fsp3) is 0. The molecule has 0 aliphatic rings. The summed E-state index contributed by atoms with van der Waals surface area (Å²) in [7, 11) is -4.63. The number of nitrogens with zero attached hydrogens (tertiary/aromatic N) is 1. The molecule has 0 N–H and O–H groups in total. The van der Waals surface area contributed by atoms with Crippen molar-refractivity contribution in [2.24, 2.45) is 0 Å². The van der Waals surface area contributed by atoms with Gasteiger partial charge in [0, 0.05) is 5.69 Å². The SMILES string of the molecule is Cl[Si](Cl)N(c1ccccc1)[Si](c1ccccc1)(c1ccccc1)c1ccccc1. The number of anilines is 1. The predicted molar refractivity (Wildman–Crippen MR) is 130 cm³/mol. The normalized spacial score (nSPS) is 11.4. The molecule has 0 unspecified atom stereocenters. The van der Waals surface area contributed by atoms with Crippen LogP contribution in [0.1, 0.15) is 0 Å². The second-order valence-corrected chi connectivity index (χ2v) is 14.4. The van der Waals surface area contributed by atoms with E-state index in [1.807, 2.05) is 18.2 Å². The van der Waals surface area contributed by atoms with Crippen LogP contribution >= 0.6 is 22.2 Å². The monoisotopic (exact) mass is 448 g/mol. The van der Waals surface area contributed by atoms with E-state index in [-0.39, 0.29) is 0 Å². The standard InChI is InChI=1S/C24H20Cl2NSi2/c25-28(26)27(21-13-5-1-6-14-21)29(22-15-7-2-8-16-22,23-17-9-3-10-18-23)24-19-11-4-12-20-24/h1-20H. The molecule has 5 heteroatoms. The van der Waals surface area contributed by atoms with Crippen molar-refractivity contribution >= 4 is 59.2 Å². The molecular formula is C24H20Cl2NSi2. The Bertz CT molecular complexity index is 933. The molecule has 0 spiro atoms. The molecule has 0 saturated carbocycles. The smallest absolute Gasteiger partial charge is 0.387 e. The van der Waals surface area contributed by atoms with Crippen LogP contribution in [0.15, 0.2) is 121 Å². The summed E-state index contributed by atoms with van der Waals surface area (Å²) in [6.07, 6.45) is 0. The maximum absolute atomic E-state index is 6.84. The van der Waals surface area contributed by atoms with Gasteiger partial charge in [0.1, 0.15) is 0 Å². The first-order valence-corrected chi connectivity index (χ1v) is 14.9. The quantitative estimate of drug-likeness (QED) is 0.236. The van der Waals surface area contributed by atoms with Crippen LogP contribution in [0.25, 0.3) is 0 Å². The topological polar surface area (TPSA) is 3.24 Å². The van der Waals surface area contributed by atoms with E-state index in [0.717, 1.165) is 5.69 Å². The largest absolute Gasteiger partial charge is 0.390 e. The average Bonchev–Trinajstić information content (AvgIpc) is 2.79. The van der Waals surface area contributed by atoms with Crippen LogP contribution in [0.2, 0.25) is 0 Å². The third-order valence-electron chi connectivity index (χ3n) is 5.09.